The number of hydrogen-bond donors (Lipinski definition) is 7. The van der Waals surface area contributed by atoms with Gasteiger partial charge < -0.3 is 41.6 Å². The van der Waals surface area contributed by atoms with Crippen LogP contribution in [-0.2, 0) is 4.79 Å². The third kappa shape index (κ3) is 7.40. The number of carbonyl (C=O) groups excluding carboxylic acids is 1. The molecule has 1 aromatic heterocycles. The second-order valence-electron chi connectivity index (χ2n) is 21.2. The predicted octanol–water partition coefficient (Wildman–Crippen LogP) is 5.96. The molecule has 9 N–H and O–H groups in total. The van der Waals surface area contributed by atoms with E-state index in [1.54, 1.807) is 16.9 Å². The molecular weight excluding hydrogens is 783 g/mol. The number of allylic oxidation sites excluding steroid dienone is 2. The quantitative estimate of drug-likeness (QED) is 0.0817. The maximum absolute atomic E-state index is 14.4. The Morgan fingerprint density at radius 3 is 2.41 bits per heavy atom. The van der Waals surface area contributed by atoms with E-state index >= 15 is 0 Å². The van der Waals surface area contributed by atoms with Crippen LogP contribution in [0.5, 0.6) is 0 Å². The number of aliphatic hydroxyl groups is 5. The Morgan fingerprint density at radius 1 is 0.983 bits per heavy atom. The van der Waals surface area contributed by atoms with E-state index in [2.05, 4.69) is 41.5 Å². The van der Waals surface area contributed by atoms with Gasteiger partial charge in [-0.2, -0.15) is 0 Å². The highest BCUT2D eigenvalue weighted by Gasteiger charge is 2.73. The summed E-state index contributed by atoms with van der Waals surface area (Å²) in [5.41, 5.74) is 12.2. The molecule has 328 valence electrons. The third-order valence-electron chi connectivity index (χ3n) is 17.6. The molecule has 1 saturated heterocycles. The first kappa shape index (κ1) is 43.8. The van der Waals surface area contributed by atoms with Gasteiger partial charge in [0.05, 0.1) is 36.8 Å². The van der Waals surface area contributed by atoms with Crippen LogP contribution in [0.3, 0.4) is 0 Å². The van der Waals surface area contributed by atoms with Crippen LogP contribution >= 0.6 is 21.6 Å². The summed E-state index contributed by atoms with van der Waals surface area (Å²) in [6, 6.07) is 0.164. The number of fused-ring (bicyclic) bond motifs is 9. The van der Waals surface area contributed by atoms with Gasteiger partial charge in [-0.15, -0.1) is 0 Å². The molecule has 13 atom stereocenters. The van der Waals surface area contributed by atoms with Crippen LogP contribution in [0.25, 0.3) is 0 Å². The van der Waals surface area contributed by atoms with E-state index in [1.807, 2.05) is 30.2 Å². The number of ketones is 1. The van der Waals surface area contributed by atoms with Crippen molar-refractivity contribution in [3.63, 3.8) is 0 Å². The van der Waals surface area contributed by atoms with Crippen LogP contribution in [0.4, 0.5) is 0 Å². The number of carbonyl (C=O) groups is 1. The van der Waals surface area contributed by atoms with Gasteiger partial charge in [0.25, 0.3) is 0 Å². The lowest BCUT2D eigenvalue weighted by Crippen LogP contribution is -2.67. The average molecular weight is 854 g/mol. The van der Waals surface area contributed by atoms with Gasteiger partial charge in [0, 0.05) is 53.7 Å². The molecule has 0 aromatic carbocycles. The third-order valence-corrected chi connectivity index (χ3v) is 20.2. The van der Waals surface area contributed by atoms with E-state index in [-0.39, 0.29) is 78.8 Å². The molecule has 0 radical (unpaired) electrons. The van der Waals surface area contributed by atoms with Crippen molar-refractivity contribution >= 4 is 33.3 Å². The Balaban J connectivity index is 1.25. The molecule has 6 fully saturated rings. The van der Waals surface area contributed by atoms with Gasteiger partial charge >= 0.3 is 0 Å². The second kappa shape index (κ2) is 16.4. The Labute approximate surface area is 359 Å². The topological polar surface area (TPSA) is 200 Å². The smallest absolute Gasteiger partial charge is 0.185 e. The zero-order valence-electron chi connectivity index (χ0n) is 35.8. The van der Waals surface area contributed by atoms with E-state index in [0.29, 0.717) is 36.0 Å². The van der Waals surface area contributed by atoms with Crippen molar-refractivity contribution in [2.24, 2.45) is 73.6 Å². The van der Waals surface area contributed by atoms with Gasteiger partial charge in [-0.3, -0.25) is 9.79 Å². The Morgan fingerprint density at radius 2 is 1.71 bits per heavy atom. The van der Waals surface area contributed by atoms with Gasteiger partial charge in [-0.25, -0.2) is 4.98 Å². The number of rotatable bonds is 4. The first-order valence-corrected chi connectivity index (χ1v) is 25.1. The van der Waals surface area contributed by atoms with Crippen molar-refractivity contribution in [2.45, 2.75) is 148 Å². The summed E-state index contributed by atoms with van der Waals surface area (Å²) in [6.07, 6.45) is 17.3. The van der Waals surface area contributed by atoms with Crippen molar-refractivity contribution in [1.82, 2.24) is 9.55 Å². The number of aromatic nitrogens is 2. The summed E-state index contributed by atoms with van der Waals surface area (Å²) in [5.74, 6) is -0.829. The van der Waals surface area contributed by atoms with Crippen LogP contribution in [0.15, 0.2) is 46.5 Å². The van der Waals surface area contributed by atoms with Crippen LogP contribution in [-0.4, -0.2) is 95.4 Å². The van der Waals surface area contributed by atoms with E-state index in [1.165, 1.54) is 49.7 Å². The highest BCUT2D eigenvalue weighted by Crippen LogP contribution is 2.72. The molecule has 5 saturated carbocycles. The molecule has 11 nitrogen and oxygen atoms in total. The van der Waals surface area contributed by atoms with Gasteiger partial charge in [-0.05, 0) is 129 Å². The molecule has 2 bridgehead atoms. The Hall–Kier alpha value is -1.87. The molecule has 59 heavy (non-hydrogen) atoms. The zero-order chi connectivity index (χ0) is 42.1. The fraction of sp³-hybridized carbons (Fsp3) is 0.804. The number of nitrogens with zero attached hydrogens (tertiary/aromatic N) is 3. The van der Waals surface area contributed by atoms with Gasteiger partial charge in [0.15, 0.2) is 11.7 Å². The summed E-state index contributed by atoms with van der Waals surface area (Å²) in [7, 11) is 3.57. The summed E-state index contributed by atoms with van der Waals surface area (Å²) in [6.45, 7) is 8.84. The lowest BCUT2D eigenvalue weighted by Gasteiger charge is -2.63. The molecule has 13 heteroatoms. The first-order chi connectivity index (χ1) is 28.0. The fourth-order valence-electron chi connectivity index (χ4n) is 14.8. The van der Waals surface area contributed by atoms with Crippen molar-refractivity contribution in [3.05, 3.63) is 41.5 Å². The number of hydrogen-bond acceptors (Lipinski definition) is 10. The lowest BCUT2D eigenvalue weighted by atomic mass is 9.42. The largest absolute Gasteiger partial charge is 0.396 e. The molecule has 6 aliphatic carbocycles. The molecule has 0 unspecified atom stereocenters. The molecule has 1 spiro atoms. The van der Waals surface area contributed by atoms with Crippen LogP contribution in [0.2, 0.25) is 0 Å². The standard InChI is InChI=1S/C46H71N5O6S2/c1-27-32-14-30(46(57)35-17-37(54)34-16-38(55)39(56)21-43(34,4)40(35)29(22-50-41(47)48)19-45(32,46)25-52)23-58-59-24-31(51-13-12-49-26-51)20-42(2,3)33(15-36(27)53)28-8-7-11-44(18-28)9-5-6-10-44/h12-13,17,26-27,29-32,34,36,38-40,52-53,55-57H,5-11,14-16,18-25H2,1-4H3,(H4,47,48,50)/b33-28+/t27-,29-,30+,31+,32+,34-,36+,38+,39-,40-,43-,45-,46+/m0/s1. The molecule has 0 amide bonds. The molecule has 1 aromatic rings. The summed E-state index contributed by atoms with van der Waals surface area (Å²) >= 11 is 0. The number of aliphatic hydroxyl groups excluding tert-OH is 4. The van der Waals surface area contributed by atoms with Crippen LogP contribution < -0.4 is 11.5 Å². The minimum Gasteiger partial charge on any atom is -0.396 e. The number of imidazole rings is 1. The summed E-state index contributed by atoms with van der Waals surface area (Å²) in [4.78, 5) is 23.4. The van der Waals surface area contributed by atoms with E-state index in [9.17, 15) is 30.3 Å². The number of guanidine groups is 1. The highest BCUT2D eigenvalue weighted by atomic mass is 33.1. The Kier molecular flexibility index (Phi) is 12.1. The SMILES string of the molecule is C[C@@H]1[C@H](O)C/C(=C2/CCCC3(CCCC3)C2)C(C)(C)C[C@@H](n2ccnc2)CSSC[C@H]2C[C@H]1[C@@]1(CO)C[C@@H](CN=C(N)N)[C@H]3C(=CC(=O)[C@@H]4C[C@@H](O)[C@@H](O)C[C@]34C)[C@]21O. The van der Waals surface area contributed by atoms with E-state index in [4.69, 9.17) is 11.5 Å². The lowest BCUT2D eigenvalue weighted by molar-refractivity contribution is -0.182. The molecule has 8 rings (SSSR count). The maximum atomic E-state index is 14.4. The molecule has 2 heterocycles. The van der Waals surface area contributed by atoms with Gasteiger partial charge in [-0.1, -0.05) is 73.3 Å². The Bertz CT molecular complexity index is 1810. The fourth-order valence-corrected chi connectivity index (χ4v) is 17.5. The van der Waals surface area contributed by atoms with Crippen LogP contribution in [0.1, 0.15) is 124 Å². The normalized spacial score (nSPS) is 44.8. The van der Waals surface area contributed by atoms with Crippen molar-refractivity contribution in [2.75, 3.05) is 24.7 Å². The van der Waals surface area contributed by atoms with E-state index < -0.39 is 40.7 Å². The van der Waals surface area contributed by atoms with Crippen LogP contribution in [0, 0.1) is 57.2 Å². The van der Waals surface area contributed by atoms with Crippen molar-refractivity contribution < 1.29 is 30.3 Å². The van der Waals surface area contributed by atoms with Crippen molar-refractivity contribution in [3.8, 4) is 0 Å². The number of aliphatic imine (C=N–C) groups is 1. The average Bonchev–Trinajstić information content (AvgIpc) is 3.94. The minimum absolute atomic E-state index is 0.0510. The first-order valence-electron chi connectivity index (χ1n) is 22.6. The predicted molar refractivity (Wildman–Crippen MR) is 235 cm³/mol. The monoisotopic (exact) mass is 853 g/mol. The zero-order valence-corrected chi connectivity index (χ0v) is 37.4. The summed E-state index contributed by atoms with van der Waals surface area (Å²) < 4.78 is 2.24. The van der Waals surface area contributed by atoms with E-state index in [0.717, 1.165) is 25.0 Å². The molecular formula is C46H71N5O6S2. The molecule has 1 aliphatic heterocycles. The highest BCUT2D eigenvalue weighted by molar-refractivity contribution is 8.76. The minimum atomic E-state index is -1.57. The van der Waals surface area contributed by atoms with Gasteiger partial charge in [0.1, 0.15) is 0 Å². The number of nitrogens with two attached hydrogens (primary N) is 2. The van der Waals surface area contributed by atoms with Crippen molar-refractivity contribution in [1.29, 1.82) is 0 Å². The van der Waals surface area contributed by atoms with Gasteiger partial charge in [0.2, 0.25) is 0 Å². The summed E-state index contributed by atoms with van der Waals surface area (Å²) in [5, 5.41) is 60.7. The molecule has 7 aliphatic rings. The second-order valence-corrected chi connectivity index (χ2v) is 23.8. The maximum Gasteiger partial charge on any atom is 0.185 e.